The second kappa shape index (κ2) is 5.61. The van der Waals surface area contributed by atoms with E-state index in [-0.39, 0.29) is 0 Å². The van der Waals surface area contributed by atoms with Crippen molar-refractivity contribution in [2.75, 3.05) is 14.2 Å². The molecule has 0 aliphatic rings. The fourth-order valence-electron chi connectivity index (χ4n) is 2.23. The molecule has 0 N–H and O–H groups in total. The third kappa shape index (κ3) is 2.40. The quantitative estimate of drug-likeness (QED) is 0.695. The summed E-state index contributed by atoms with van der Waals surface area (Å²) in [6, 6.07) is 7.45. The Kier molecular flexibility index (Phi) is 3.66. The first kappa shape index (κ1) is 13.7. The van der Waals surface area contributed by atoms with Crippen LogP contribution in [-0.2, 0) is 5.88 Å². The maximum atomic E-state index is 6.09. The van der Waals surface area contributed by atoms with Crippen molar-refractivity contribution in [3.05, 3.63) is 42.2 Å². The first-order valence-corrected chi connectivity index (χ1v) is 6.92. The van der Waals surface area contributed by atoms with Crippen molar-refractivity contribution in [3.8, 4) is 22.8 Å². The average molecular weight is 304 g/mol. The van der Waals surface area contributed by atoms with Crippen LogP contribution in [0.25, 0.3) is 16.9 Å². The van der Waals surface area contributed by atoms with Gasteiger partial charge in [-0.25, -0.2) is 9.50 Å². The number of rotatable bonds is 4. The van der Waals surface area contributed by atoms with E-state index in [4.69, 9.17) is 21.1 Å². The molecule has 0 amide bonds. The SMILES string of the molecule is COc1cc(OC)cc(-c2nn3cccnc3c2CCl)c1. The lowest BCUT2D eigenvalue weighted by atomic mass is 10.1. The molecule has 2 heterocycles. The molecule has 0 saturated carbocycles. The number of halogens is 1. The van der Waals surface area contributed by atoms with Gasteiger partial charge in [-0.3, -0.25) is 0 Å². The van der Waals surface area contributed by atoms with Gasteiger partial charge in [0.05, 0.1) is 25.8 Å². The zero-order valence-corrected chi connectivity index (χ0v) is 12.5. The van der Waals surface area contributed by atoms with Gasteiger partial charge < -0.3 is 9.47 Å². The molecule has 3 aromatic rings. The first-order chi connectivity index (χ1) is 10.3. The van der Waals surface area contributed by atoms with Crippen molar-refractivity contribution in [1.29, 1.82) is 0 Å². The van der Waals surface area contributed by atoms with Crippen molar-refractivity contribution in [2.24, 2.45) is 0 Å². The van der Waals surface area contributed by atoms with Crippen LogP contribution in [0, 0.1) is 0 Å². The van der Waals surface area contributed by atoms with Gasteiger partial charge in [-0.2, -0.15) is 5.10 Å². The molecule has 1 aromatic carbocycles. The summed E-state index contributed by atoms with van der Waals surface area (Å²) in [6.45, 7) is 0. The molecule has 0 atom stereocenters. The molecule has 0 radical (unpaired) electrons. The van der Waals surface area contributed by atoms with E-state index in [1.807, 2.05) is 30.5 Å². The van der Waals surface area contributed by atoms with Crippen molar-refractivity contribution in [1.82, 2.24) is 14.6 Å². The Hall–Kier alpha value is -2.27. The minimum Gasteiger partial charge on any atom is -0.497 e. The van der Waals surface area contributed by atoms with Crippen molar-refractivity contribution >= 4 is 17.2 Å². The summed E-state index contributed by atoms with van der Waals surface area (Å²) in [5.41, 5.74) is 3.30. The molecule has 0 aliphatic carbocycles. The summed E-state index contributed by atoms with van der Waals surface area (Å²) in [7, 11) is 3.23. The molecule has 0 bridgehead atoms. The summed E-state index contributed by atoms with van der Waals surface area (Å²) in [5, 5.41) is 4.56. The summed E-state index contributed by atoms with van der Waals surface area (Å²) in [5.74, 6) is 1.74. The first-order valence-electron chi connectivity index (χ1n) is 6.38. The Morgan fingerprint density at radius 3 is 2.48 bits per heavy atom. The zero-order valence-electron chi connectivity index (χ0n) is 11.7. The van der Waals surface area contributed by atoms with Gasteiger partial charge in [-0.05, 0) is 18.2 Å². The Labute approximate surface area is 127 Å². The number of aromatic nitrogens is 3. The molecule has 0 saturated heterocycles. The second-order valence-corrected chi connectivity index (χ2v) is 4.72. The monoisotopic (exact) mass is 303 g/mol. The largest absolute Gasteiger partial charge is 0.497 e. The minimum absolute atomic E-state index is 0.329. The number of nitrogens with zero attached hydrogens (tertiary/aromatic N) is 3. The van der Waals surface area contributed by atoms with E-state index in [0.717, 1.165) is 22.5 Å². The molecular formula is C15H14ClN3O2. The molecule has 108 valence electrons. The highest BCUT2D eigenvalue weighted by molar-refractivity contribution is 6.18. The third-order valence-corrected chi connectivity index (χ3v) is 3.52. The Bertz CT molecular complexity index is 763. The van der Waals surface area contributed by atoms with Crippen LogP contribution in [0.5, 0.6) is 11.5 Å². The Balaban J connectivity index is 2.24. The lowest BCUT2D eigenvalue weighted by molar-refractivity contribution is 0.394. The molecule has 3 rings (SSSR count). The Morgan fingerprint density at radius 2 is 1.86 bits per heavy atom. The van der Waals surface area contributed by atoms with Crippen LogP contribution in [0.2, 0.25) is 0 Å². The van der Waals surface area contributed by atoms with Crippen LogP contribution in [0.1, 0.15) is 5.56 Å². The number of benzene rings is 1. The third-order valence-electron chi connectivity index (χ3n) is 3.25. The van der Waals surface area contributed by atoms with Crippen LogP contribution < -0.4 is 9.47 Å². The van der Waals surface area contributed by atoms with Gasteiger partial charge in [-0.1, -0.05) is 0 Å². The number of ether oxygens (including phenoxy) is 2. The van der Waals surface area contributed by atoms with Crippen LogP contribution in [0.3, 0.4) is 0 Å². The molecule has 0 fully saturated rings. The van der Waals surface area contributed by atoms with Crippen LogP contribution in [0.15, 0.2) is 36.7 Å². The number of alkyl halides is 1. The smallest absolute Gasteiger partial charge is 0.159 e. The molecule has 0 spiro atoms. The normalized spacial score (nSPS) is 10.8. The van der Waals surface area contributed by atoms with Gasteiger partial charge in [0.1, 0.15) is 11.5 Å². The molecule has 21 heavy (non-hydrogen) atoms. The van der Waals surface area contributed by atoms with E-state index >= 15 is 0 Å². The Morgan fingerprint density at radius 1 is 1.14 bits per heavy atom. The number of fused-ring (bicyclic) bond motifs is 1. The van der Waals surface area contributed by atoms with E-state index in [9.17, 15) is 0 Å². The van der Waals surface area contributed by atoms with Crippen LogP contribution >= 0.6 is 11.6 Å². The van der Waals surface area contributed by atoms with Gasteiger partial charge in [0.25, 0.3) is 0 Å². The zero-order chi connectivity index (χ0) is 14.8. The minimum atomic E-state index is 0.329. The molecule has 0 unspecified atom stereocenters. The molecule has 0 aliphatic heterocycles. The highest BCUT2D eigenvalue weighted by Gasteiger charge is 2.16. The lowest BCUT2D eigenvalue weighted by Crippen LogP contribution is -1.91. The van der Waals surface area contributed by atoms with E-state index in [0.29, 0.717) is 17.4 Å². The van der Waals surface area contributed by atoms with Gasteiger partial charge in [0.2, 0.25) is 0 Å². The highest BCUT2D eigenvalue weighted by Crippen LogP contribution is 2.32. The predicted octanol–water partition coefficient (Wildman–Crippen LogP) is 3.15. The number of methoxy groups -OCH3 is 2. The van der Waals surface area contributed by atoms with E-state index in [1.165, 1.54) is 0 Å². The fraction of sp³-hybridized carbons (Fsp3) is 0.200. The van der Waals surface area contributed by atoms with E-state index < -0.39 is 0 Å². The number of hydrogen-bond acceptors (Lipinski definition) is 4. The van der Waals surface area contributed by atoms with E-state index in [1.54, 1.807) is 24.9 Å². The van der Waals surface area contributed by atoms with Crippen LogP contribution in [0.4, 0.5) is 0 Å². The van der Waals surface area contributed by atoms with Crippen LogP contribution in [-0.4, -0.2) is 28.8 Å². The van der Waals surface area contributed by atoms with Crippen molar-refractivity contribution < 1.29 is 9.47 Å². The highest BCUT2D eigenvalue weighted by atomic mass is 35.5. The van der Waals surface area contributed by atoms with Gasteiger partial charge in [-0.15, -0.1) is 11.6 Å². The number of hydrogen-bond donors (Lipinski definition) is 0. The standard InChI is InChI=1S/C15H14ClN3O2/c1-20-11-6-10(7-12(8-11)21-2)14-13(9-16)15-17-4-3-5-19(15)18-14/h3-8H,9H2,1-2H3. The topological polar surface area (TPSA) is 48.7 Å². The van der Waals surface area contributed by atoms with Crippen molar-refractivity contribution in [3.63, 3.8) is 0 Å². The molecular weight excluding hydrogens is 290 g/mol. The maximum absolute atomic E-state index is 6.09. The molecule has 6 heteroatoms. The summed E-state index contributed by atoms with van der Waals surface area (Å²) in [4.78, 5) is 4.34. The lowest BCUT2D eigenvalue weighted by Gasteiger charge is -2.07. The maximum Gasteiger partial charge on any atom is 0.159 e. The summed E-state index contributed by atoms with van der Waals surface area (Å²) >= 11 is 6.09. The van der Waals surface area contributed by atoms with Crippen molar-refractivity contribution in [2.45, 2.75) is 5.88 Å². The predicted molar refractivity (Wildman–Crippen MR) is 81.1 cm³/mol. The summed E-state index contributed by atoms with van der Waals surface area (Å²) in [6.07, 6.45) is 3.57. The fourth-order valence-corrected chi connectivity index (χ4v) is 2.48. The average Bonchev–Trinajstić information content (AvgIpc) is 2.92. The second-order valence-electron chi connectivity index (χ2n) is 4.45. The van der Waals surface area contributed by atoms with E-state index in [2.05, 4.69) is 10.1 Å². The molecule has 5 nitrogen and oxygen atoms in total. The van der Waals surface area contributed by atoms with Gasteiger partial charge >= 0.3 is 0 Å². The summed E-state index contributed by atoms with van der Waals surface area (Å²) < 4.78 is 12.3. The van der Waals surface area contributed by atoms with Gasteiger partial charge in [0.15, 0.2) is 5.65 Å². The van der Waals surface area contributed by atoms with Gasteiger partial charge in [0, 0.05) is 29.6 Å². The molecule has 2 aromatic heterocycles.